The van der Waals surface area contributed by atoms with Gasteiger partial charge in [0.2, 0.25) is 0 Å². The number of benzene rings is 8. The van der Waals surface area contributed by atoms with Gasteiger partial charge in [-0.05, 0) is 86.3 Å². The van der Waals surface area contributed by atoms with Crippen LogP contribution in [0.25, 0.3) is 94.9 Å². The van der Waals surface area contributed by atoms with Gasteiger partial charge in [-0.1, -0.05) is 184 Å². The lowest BCUT2D eigenvalue weighted by atomic mass is 9.73. The number of nitrogens with zero attached hydrogens (tertiary/aromatic N) is 5. The predicted molar refractivity (Wildman–Crippen MR) is 269 cm³/mol. The Balaban J connectivity index is 0.999. The maximum Gasteiger partial charge on any atom is 0.161 e. The summed E-state index contributed by atoms with van der Waals surface area (Å²) in [7, 11) is 0. The van der Waals surface area contributed by atoms with Crippen molar-refractivity contribution in [2.45, 2.75) is 31.6 Å². The molecular weight excluding hydrogens is 803 g/mol. The van der Waals surface area contributed by atoms with Gasteiger partial charge in [0, 0.05) is 56.8 Å². The summed E-state index contributed by atoms with van der Waals surface area (Å²) >= 11 is 0. The molecule has 11 aromatic rings. The highest BCUT2D eigenvalue weighted by Gasteiger charge is 2.39. The van der Waals surface area contributed by atoms with Crippen LogP contribution in [0, 0.1) is 0 Å². The Morgan fingerprint density at radius 3 is 1.68 bits per heavy atom. The molecule has 0 amide bonds. The molecular formula is C61H43N5. The van der Waals surface area contributed by atoms with Crippen LogP contribution in [0.15, 0.2) is 207 Å². The predicted octanol–water partition coefficient (Wildman–Crippen LogP) is 14.7. The first-order chi connectivity index (χ1) is 32.5. The van der Waals surface area contributed by atoms with Crippen LogP contribution in [-0.4, -0.2) is 24.5 Å². The van der Waals surface area contributed by atoms with Gasteiger partial charge in [0.15, 0.2) is 11.6 Å². The molecule has 1 unspecified atom stereocenters. The van der Waals surface area contributed by atoms with E-state index in [1.807, 2.05) is 36.7 Å². The molecule has 0 spiro atoms. The van der Waals surface area contributed by atoms with E-state index in [0.717, 1.165) is 68.2 Å². The first kappa shape index (κ1) is 38.2. The van der Waals surface area contributed by atoms with Crippen molar-refractivity contribution in [1.29, 1.82) is 0 Å². The summed E-state index contributed by atoms with van der Waals surface area (Å²) in [6.07, 6.45) is 4.86. The van der Waals surface area contributed by atoms with E-state index in [0.29, 0.717) is 5.82 Å². The topological polar surface area (TPSA) is 56.5 Å². The molecule has 0 aliphatic heterocycles. The highest BCUT2D eigenvalue weighted by Crippen LogP contribution is 2.55. The summed E-state index contributed by atoms with van der Waals surface area (Å²) in [5, 5.41) is 2.40. The monoisotopic (exact) mass is 845 g/mol. The summed E-state index contributed by atoms with van der Waals surface area (Å²) in [5.74, 6) is 2.34. The molecule has 13 rings (SSSR count). The Morgan fingerprint density at radius 1 is 0.439 bits per heavy atom. The highest BCUT2D eigenvalue weighted by atomic mass is 15.1. The Morgan fingerprint density at radius 2 is 0.985 bits per heavy atom. The Bertz CT molecular complexity index is 3690. The minimum atomic E-state index is -0.282. The molecule has 8 aromatic carbocycles. The van der Waals surface area contributed by atoms with Crippen molar-refractivity contribution in [1.82, 2.24) is 24.5 Å². The standard InChI is InChI=1S/C61H43N5/c1-61(2)53-32-42-31-50(57-51(38-19-7-3-8-20-38)36-62-58(64-57)40-23-11-5-12-24-40)44-28-16-15-27-43(44)46(42)33-47(53)48-34-49-45-29-17-18-30-55(45)66(56(49)35-54(48)61)60-52(39-21-9-4-10-22-39)37-63-59(65-60)41-25-13-6-14-26-41/h3-30,32-37,50H,31H2,1-2H3. The molecule has 1 atom stereocenters. The van der Waals surface area contributed by atoms with Crippen molar-refractivity contribution < 1.29 is 0 Å². The normalized spacial score (nSPS) is 14.4. The second-order valence-corrected chi connectivity index (χ2v) is 18.2. The molecule has 0 fully saturated rings. The molecule has 5 nitrogen and oxygen atoms in total. The molecule has 66 heavy (non-hydrogen) atoms. The minimum absolute atomic E-state index is 0.0284. The molecule has 0 radical (unpaired) electrons. The van der Waals surface area contributed by atoms with E-state index < -0.39 is 0 Å². The first-order valence-electron chi connectivity index (χ1n) is 22.8. The van der Waals surface area contributed by atoms with Crippen molar-refractivity contribution in [2.75, 3.05) is 0 Å². The smallest absolute Gasteiger partial charge is 0.161 e. The van der Waals surface area contributed by atoms with Gasteiger partial charge < -0.3 is 0 Å². The molecule has 2 aliphatic rings. The molecule has 3 heterocycles. The van der Waals surface area contributed by atoms with Gasteiger partial charge in [-0.25, -0.2) is 19.9 Å². The lowest BCUT2D eigenvalue weighted by Gasteiger charge is -2.31. The zero-order valence-electron chi connectivity index (χ0n) is 36.7. The van der Waals surface area contributed by atoms with E-state index in [4.69, 9.17) is 19.9 Å². The average Bonchev–Trinajstić information content (AvgIpc) is 3.82. The fourth-order valence-corrected chi connectivity index (χ4v) is 10.9. The van der Waals surface area contributed by atoms with Crippen molar-refractivity contribution >= 4 is 21.8 Å². The van der Waals surface area contributed by atoms with Gasteiger partial charge in [-0.15, -0.1) is 0 Å². The minimum Gasteiger partial charge on any atom is -0.293 e. The van der Waals surface area contributed by atoms with Gasteiger partial charge >= 0.3 is 0 Å². The lowest BCUT2D eigenvalue weighted by molar-refractivity contribution is 0.658. The number of rotatable bonds is 6. The summed E-state index contributed by atoms with van der Waals surface area (Å²) in [6, 6.07) is 69.5. The van der Waals surface area contributed by atoms with E-state index in [1.54, 1.807) is 0 Å². The maximum absolute atomic E-state index is 5.46. The maximum atomic E-state index is 5.46. The van der Waals surface area contributed by atoms with Gasteiger partial charge in [0.05, 0.1) is 16.7 Å². The lowest BCUT2D eigenvalue weighted by Crippen LogP contribution is -2.18. The molecule has 0 bridgehead atoms. The van der Waals surface area contributed by atoms with Crippen LogP contribution in [0.2, 0.25) is 0 Å². The fourth-order valence-electron chi connectivity index (χ4n) is 10.9. The summed E-state index contributed by atoms with van der Waals surface area (Å²) < 4.78 is 2.38. The largest absolute Gasteiger partial charge is 0.293 e. The first-order valence-corrected chi connectivity index (χ1v) is 22.8. The SMILES string of the molecule is CC1(C)c2cc3c(cc2-c2cc4c5ccccc5n(-c5nc(-c6ccccc6)ncc5-c5ccccc5)c4cc21)-c1ccccc1C(c1nc(-c2ccccc2)ncc1-c1ccccc1)C3. The van der Waals surface area contributed by atoms with E-state index in [-0.39, 0.29) is 11.3 Å². The zero-order chi connectivity index (χ0) is 43.9. The van der Waals surface area contributed by atoms with Gasteiger partial charge in [0.1, 0.15) is 5.82 Å². The fraction of sp³-hybridized carbons (Fsp3) is 0.0820. The second kappa shape index (κ2) is 14.9. The molecule has 3 aromatic heterocycles. The van der Waals surface area contributed by atoms with Crippen LogP contribution in [0.3, 0.4) is 0 Å². The average molecular weight is 846 g/mol. The van der Waals surface area contributed by atoms with Crippen LogP contribution in [0.4, 0.5) is 0 Å². The van der Waals surface area contributed by atoms with Gasteiger partial charge in [0.25, 0.3) is 0 Å². The number of hydrogen-bond donors (Lipinski definition) is 0. The molecule has 0 N–H and O–H groups in total. The van der Waals surface area contributed by atoms with E-state index in [9.17, 15) is 0 Å². The third-order valence-corrected chi connectivity index (χ3v) is 14.1. The van der Waals surface area contributed by atoms with Crippen LogP contribution < -0.4 is 0 Å². The quantitative estimate of drug-likeness (QED) is 0.167. The van der Waals surface area contributed by atoms with Crippen molar-refractivity contribution in [2.24, 2.45) is 0 Å². The summed E-state index contributed by atoms with van der Waals surface area (Å²) in [4.78, 5) is 20.8. The van der Waals surface area contributed by atoms with Gasteiger partial charge in [-0.2, -0.15) is 0 Å². The number of aromatic nitrogens is 5. The Labute approximate surface area is 383 Å². The van der Waals surface area contributed by atoms with Crippen LogP contribution >= 0.6 is 0 Å². The van der Waals surface area contributed by atoms with E-state index in [2.05, 4.69) is 188 Å². The number of para-hydroxylation sites is 1. The number of hydrogen-bond acceptors (Lipinski definition) is 4. The Kier molecular flexibility index (Phi) is 8.62. The molecule has 5 heteroatoms. The van der Waals surface area contributed by atoms with Crippen LogP contribution in [0.1, 0.15) is 47.7 Å². The van der Waals surface area contributed by atoms with Crippen LogP contribution in [0.5, 0.6) is 0 Å². The third kappa shape index (κ3) is 5.93. The van der Waals surface area contributed by atoms with Crippen molar-refractivity contribution in [3.8, 4) is 73.1 Å². The molecule has 2 aliphatic carbocycles. The second-order valence-electron chi connectivity index (χ2n) is 18.2. The molecule has 0 saturated heterocycles. The zero-order valence-corrected chi connectivity index (χ0v) is 36.7. The van der Waals surface area contributed by atoms with Crippen molar-refractivity contribution in [3.05, 3.63) is 234 Å². The van der Waals surface area contributed by atoms with Crippen LogP contribution in [-0.2, 0) is 11.8 Å². The van der Waals surface area contributed by atoms with E-state index in [1.165, 1.54) is 55.3 Å². The molecule has 312 valence electrons. The number of fused-ring (bicyclic) bond motifs is 9. The van der Waals surface area contributed by atoms with Crippen molar-refractivity contribution in [3.63, 3.8) is 0 Å². The molecule has 0 saturated carbocycles. The summed E-state index contributed by atoms with van der Waals surface area (Å²) in [5.41, 5.74) is 19.7. The van der Waals surface area contributed by atoms with Gasteiger partial charge in [-0.3, -0.25) is 4.57 Å². The third-order valence-electron chi connectivity index (χ3n) is 14.1. The highest BCUT2D eigenvalue weighted by molar-refractivity contribution is 6.12. The summed E-state index contributed by atoms with van der Waals surface area (Å²) in [6.45, 7) is 4.80. The van der Waals surface area contributed by atoms with E-state index >= 15 is 0 Å². The Hall–Kier alpha value is -8.28.